The van der Waals surface area contributed by atoms with Crippen LogP contribution in [0.4, 0.5) is 0 Å². The Labute approximate surface area is 136 Å². The van der Waals surface area contributed by atoms with E-state index in [4.69, 9.17) is 10.8 Å². The van der Waals surface area contributed by atoms with Gasteiger partial charge >= 0.3 is 0 Å². The van der Waals surface area contributed by atoms with E-state index in [9.17, 15) is 0 Å². The number of nitrogens with two attached hydrogens (primary N) is 1. The number of nitrogens with zero attached hydrogens (tertiary/aromatic N) is 3. The van der Waals surface area contributed by atoms with Crippen LogP contribution in [0.15, 0.2) is 5.10 Å². The molecule has 2 aliphatic carbocycles. The molecule has 0 unspecified atom stereocenters. The highest BCUT2D eigenvalue weighted by Gasteiger charge is 2.30. The summed E-state index contributed by atoms with van der Waals surface area (Å²) in [7, 11) is 0. The zero-order chi connectivity index (χ0) is 15.2. The number of rotatable bonds is 3. The highest BCUT2D eigenvalue weighted by Crippen LogP contribution is 2.30. The third kappa shape index (κ3) is 4.08. The van der Waals surface area contributed by atoms with Crippen LogP contribution in [0.2, 0.25) is 0 Å². The Morgan fingerprint density at radius 2 is 1.18 bits per heavy atom. The van der Waals surface area contributed by atoms with Crippen LogP contribution >= 0.6 is 0 Å². The van der Waals surface area contributed by atoms with E-state index in [-0.39, 0.29) is 0 Å². The van der Waals surface area contributed by atoms with E-state index in [1.165, 1.54) is 83.5 Å². The van der Waals surface area contributed by atoms with Crippen LogP contribution in [0.25, 0.3) is 0 Å². The maximum Gasteiger partial charge on any atom is 0.214 e. The van der Waals surface area contributed by atoms with Crippen molar-refractivity contribution >= 4 is 5.96 Å². The summed E-state index contributed by atoms with van der Waals surface area (Å²) in [6.07, 6.45) is 17.4. The van der Waals surface area contributed by atoms with Crippen molar-refractivity contribution in [2.24, 2.45) is 10.8 Å². The molecule has 4 nitrogen and oxygen atoms in total. The Bertz CT molecular complexity index is 332. The van der Waals surface area contributed by atoms with E-state index in [0.717, 1.165) is 19.0 Å². The Kier molecular flexibility index (Phi) is 5.85. The van der Waals surface area contributed by atoms with Gasteiger partial charge in [-0.25, -0.2) is 0 Å². The molecule has 0 spiro atoms. The average molecular weight is 306 g/mol. The lowest BCUT2D eigenvalue weighted by atomic mass is 9.89. The first-order chi connectivity index (χ1) is 10.8. The van der Waals surface area contributed by atoms with Crippen molar-refractivity contribution in [1.82, 2.24) is 9.91 Å². The SMILES string of the molecule is NC(=NN1CCCCC1)N(C1CCCCC1)C1CCCCC1. The van der Waals surface area contributed by atoms with Gasteiger partial charge in [-0.1, -0.05) is 38.5 Å². The smallest absolute Gasteiger partial charge is 0.214 e. The predicted molar refractivity (Wildman–Crippen MR) is 92.6 cm³/mol. The summed E-state index contributed by atoms with van der Waals surface area (Å²) >= 11 is 0. The largest absolute Gasteiger partial charge is 0.368 e. The number of piperidine rings is 1. The first-order valence-corrected chi connectivity index (χ1v) is 9.72. The molecule has 1 aliphatic heterocycles. The molecule has 0 radical (unpaired) electrons. The van der Waals surface area contributed by atoms with E-state index >= 15 is 0 Å². The van der Waals surface area contributed by atoms with Crippen molar-refractivity contribution in [3.05, 3.63) is 0 Å². The second kappa shape index (κ2) is 8.07. The minimum atomic E-state index is 0.644. The third-order valence-corrected chi connectivity index (χ3v) is 5.78. The molecule has 0 aromatic heterocycles. The van der Waals surface area contributed by atoms with Crippen LogP contribution in [-0.4, -0.2) is 41.0 Å². The van der Waals surface area contributed by atoms with Crippen LogP contribution in [0, 0.1) is 0 Å². The second-order valence-corrected chi connectivity index (χ2v) is 7.46. The van der Waals surface area contributed by atoms with Crippen molar-refractivity contribution in [3.63, 3.8) is 0 Å². The zero-order valence-electron chi connectivity index (χ0n) is 14.2. The normalized spacial score (nSPS) is 26.2. The van der Waals surface area contributed by atoms with Crippen molar-refractivity contribution in [1.29, 1.82) is 0 Å². The number of hydrogen-bond donors (Lipinski definition) is 1. The molecule has 126 valence electrons. The molecule has 0 aromatic carbocycles. The molecule has 1 heterocycles. The molecule has 0 bridgehead atoms. The van der Waals surface area contributed by atoms with E-state index in [1.54, 1.807) is 0 Å². The zero-order valence-corrected chi connectivity index (χ0v) is 14.2. The summed E-state index contributed by atoms with van der Waals surface area (Å²) in [6.45, 7) is 2.17. The Morgan fingerprint density at radius 3 is 1.68 bits per heavy atom. The average Bonchev–Trinajstić information content (AvgIpc) is 2.58. The Morgan fingerprint density at radius 1 is 0.727 bits per heavy atom. The minimum absolute atomic E-state index is 0.644. The van der Waals surface area contributed by atoms with Gasteiger partial charge in [-0.15, -0.1) is 5.10 Å². The molecule has 3 rings (SSSR count). The van der Waals surface area contributed by atoms with Gasteiger partial charge in [0, 0.05) is 25.2 Å². The molecule has 4 heteroatoms. The number of hydrogen-bond acceptors (Lipinski definition) is 2. The topological polar surface area (TPSA) is 44.9 Å². The summed E-state index contributed by atoms with van der Waals surface area (Å²) in [6, 6.07) is 1.29. The van der Waals surface area contributed by atoms with Crippen molar-refractivity contribution in [3.8, 4) is 0 Å². The highest BCUT2D eigenvalue weighted by molar-refractivity contribution is 5.78. The van der Waals surface area contributed by atoms with Crippen LogP contribution in [0.1, 0.15) is 83.5 Å². The molecular formula is C18H34N4. The predicted octanol–water partition coefficient (Wildman–Crippen LogP) is 3.67. The van der Waals surface area contributed by atoms with Gasteiger partial charge in [0.1, 0.15) is 0 Å². The highest BCUT2D eigenvalue weighted by atomic mass is 15.5. The lowest BCUT2D eigenvalue weighted by molar-refractivity contribution is 0.148. The van der Waals surface area contributed by atoms with E-state index < -0.39 is 0 Å². The molecule has 3 aliphatic rings. The van der Waals surface area contributed by atoms with Gasteiger partial charge in [-0.05, 0) is 44.9 Å². The summed E-state index contributed by atoms with van der Waals surface area (Å²) in [5.41, 5.74) is 6.54. The lowest BCUT2D eigenvalue weighted by Gasteiger charge is -2.42. The van der Waals surface area contributed by atoms with E-state index in [0.29, 0.717) is 12.1 Å². The number of hydrazone groups is 1. The molecule has 2 saturated carbocycles. The van der Waals surface area contributed by atoms with Gasteiger partial charge in [0.15, 0.2) is 0 Å². The monoisotopic (exact) mass is 306 g/mol. The van der Waals surface area contributed by atoms with Crippen LogP contribution < -0.4 is 5.73 Å². The molecule has 0 atom stereocenters. The fourth-order valence-corrected chi connectivity index (χ4v) is 4.56. The number of guanidine groups is 1. The quantitative estimate of drug-likeness (QED) is 0.639. The van der Waals surface area contributed by atoms with Crippen molar-refractivity contribution < 1.29 is 0 Å². The molecule has 0 aromatic rings. The second-order valence-electron chi connectivity index (χ2n) is 7.46. The minimum Gasteiger partial charge on any atom is -0.368 e. The standard InChI is InChI=1S/C18H34N4/c19-18(20-21-14-8-3-9-15-21)22(16-10-4-1-5-11-16)17-12-6-2-7-13-17/h16-17H,1-15H2,(H2,19,20). The van der Waals surface area contributed by atoms with Gasteiger partial charge in [-0.3, -0.25) is 5.01 Å². The van der Waals surface area contributed by atoms with Gasteiger partial charge in [0.2, 0.25) is 5.96 Å². The van der Waals surface area contributed by atoms with Crippen molar-refractivity contribution in [2.45, 2.75) is 95.6 Å². The van der Waals surface area contributed by atoms with Crippen molar-refractivity contribution in [2.75, 3.05) is 13.1 Å². The summed E-state index contributed by atoms with van der Waals surface area (Å²) in [5, 5.41) is 7.06. The molecule has 1 saturated heterocycles. The summed E-state index contributed by atoms with van der Waals surface area (Å²) < 4.78 is 0. The van der Waals surface area contributed by atoms with Crippen LogP contribution in [0.5, 0.6) is 0 Å². The first kappa shape index (κ1) is 15.9. The van der Waals surface area contributed by atoms with E-state index in [1.807, 2.05) is 0 Å². The lowest BCUT2D eigenvalue weighted by Crippen LogP contribution is -2.52. The Hall–Kier alpha value is -0.930. The van der Waals surface area contributed by atoms with E-state index in [2.05, 4.69) is 9.91 Å². The molecule has 0 amide bonds. The van der Waals surface area contributed by atoms with Crippen LogP contribution in [0.3, 0.4) is 0 Å². The molecule has 3 fully saturated rings. The molecule has 22 heavy (non-hydrogen) atoms. The fourth-order valence-electron chi connectivity index (χ4n) is 4.56. The maximum absolute atomic E-state index is 6.54. The summed E-state index contributed by atoms with van der Waals surface area (Å²) in [4.78, 5) is 2.55. The van der Waals surface area contributed by atoms with Crippen LogP contribution in [-0.2, 0) is 0 Å². The van der Waals surface area contributed by atoms with Gasteiger partial charge in [0.25, 0.3) is 0 Å². The molecule has 2 N–H and O–H groups in total. The molecular weight excluding hydrogens is 272 g/mol. The first-order valence-electron chi connectivity index (χ1n) is 9.72. The van der Waals surface area contributed by atoms with Gasteiger partial charge < -0.3 is 10.6 Å². The van der Waals surface area contributed by atoms with Gasteiger partial charge in [-0.2, -0.15) is 0 Å². The van der Waals surface area contributed by atoms with Gasteiger partial charge in [0.05, 0.1) is 0 Å². The Balaban J connectivity index is 1.71. The third-order valence-electron chi connectivity index (χ3n) is 5.78. The summed E-state index contributed by atoms with van der Waals surface area (Å²) in [5.74, 6) is 0.820. The fraction of sp³-hybridized carbons (Fsp3) is 0.944. The maximum atomic E-state index is 6.54.